The topological polar surface area (TPSA) is 63.2 Å². The second-order valence-corrected chi connectivity index (χ2v) is 3.70. The van der Waals surface area contributed by atoms with Crippen LogP contribution in [0.25, 0.3) is 0 Å². The van der Waals surface area contributed by atoms with E-state index in [4.69, 9.17) is 4.74 Å². The van der Waals surface area contributed by atoms with Gasteiger partial charge in [0, 0.05) is 18.8 Å². The molecule has 1 aromatic rings. The highest BCUT2D eigenvalue weighted by Crippen LogP contribution is 2.11. The Bertz CT molecular complexity index is 424. The minimum Gasteiger partial charge on any atom is -0.481 e. The van der Waals surface area contributed by atoms with Crippen LogP contribution in [-0.4, -0.2) is 37.3 Å². The average molecular weight is 277 g/mol. The summed E-state index contributed by atoms with van der Waals surface area (Å²) in [6.07, 6.45) is -2.80. The van der Waals surface area contributed by atoms with E-state index in [9.17, 15) is 18.0 Å². The van der Waals surface area contributed by atoms with Crippen LogP contribution in [0.2, 0.25) is 0 Å². The number of alkyl halides is 3. The lowest BCUT2D eigenvalue weighted by Crippen LogP contribution is -2.38. The molecule has 1 aromatic heterocycles. The van der Waals surface area contributed by atoms with Crippen LogP contribution in [0.3, 0.4) is 0 Å². The zero-order chi connectivity index (χ0) is 14.3. The number of hydrogen-bond acceptors (Lipinski definition) is 4. The van der Waals surface area contributed by atoms with Gasteiger partial charge in [0.15, 0.2) is 0 Å². The van der Waals surface area contributed by atoms with Gasteiger partial charge in [-0.2, -0.15) is 13.2 Å². The van der Waals surface area contributed by atoms with E-state index >= 15 is 0 Å². The number of carbonyl (C=O) groups excluding carboxylic acids is 1. The Balaban J connectivity index is 2.29. The van der Waals surface area contributed by atoms with Gasteiger partial charge in [0.25, 0.3) is 0 Å². The Morgan fingerprint density at radius 3 is 2.84 bits per heavy atom. The molecule has 0 bridgehead atoms. The van der Waals surface area contributed by atoms with Crippen molar-refractivity contribution in [3.05, 3.63) is 23.9 Å². The molecule has 5 nitrogen and oxygen atoms in total. The molecule has 8 heteroatoms. The van der Waals surface area contributed by atoms with Gasteiger partial charge >= 0.3 is 6.18 Å². The number of rotatable bonds is 6. The Kier molecular flexibility index (Phi) is 5.56. The van der Waals surface area contributed by atoms with Crippen LogP contribution < -0.4 is 15.4 Å². The highest BCUT2D eigenvalue weighted by atomic mass is 19.4. The molecule has 1 rings (SSSR count). The van der Waals surface area contributed by atoms with E-state index < -0.39 is 18.6 Å². The molecule has 0 unspecified atom stereocenters. The van der Waals surface area contributed by atoms with Gasteiger partial charge in [-0.05, 0) is 11.6 Å². The summed E-state index contributed by atoms with van der Waals surface area (Å²) in [5, 5.41) is 4.49. The number of nitrogens with zero attached hydrogens (tertiary/aromatic N) is 1. The van der Waals surface area contributed by atoms with Gasteiger partial charge in [0.05, 0.1) is 20.2 Å². The van der Waals surface area contributed by atoms with Crippen LogP contribution >= 0.6 is 0 Å². The lowest BCUT2D eigenvalue weighted by molar-refractivity contribution is -0.128. The summed E-state index contributed by atoms with van der Waals surface area (Å²) in [5.74, 6) is -0.109. The highest BCUT2D eigenvalue weighted by Gasteiger charge is 2.26. The number of pyridine rings is 1. The standard InChI is InChI=1S/C11H14F3N3O2/c1-19-10-4-8(2-3-16-10)5-17-9(18)6-15-7-11(12,13)14/h2-4,15H,5-7H2,1H3,(H,17,18). The summed E-state index contributed by atoms with van der Waals surface area (Å²) >= 11 is 0. The minimum atomic E-state index is -4.32. The molecule has 0 aliphatic carbocycles. The average Bonchev–Trinajstić information content (AvgIpc) is 2.35. The maximum Gasteiger partial charge on any atom is 0.401 e. The summed E-state index contributed by atoms with van der Waals surface area (Å²) in [4.78, 5) is 15.2. The molecular formula is C11H14F3N3O2. The van der Waals surface area contributed by atoms with Crippen molar-refractivity contribution in [3.63, 3.8) is 0 Å². The van der Waals surface area contributed by atoms with Crippen molar-refractivity contribution in [1.29, 1.82) is 0 Å². The van der Waals surface area contributed by atoms with Crippen LogP contribution in [0.5, 0.6) is 5.88 Å². The first-order valence-electron chi connectivity index (χ1n) is 5.44. The molecule has 2 N–H and O–H groups in total. The molecule has 0 saturated carbocycles. The van der Waals surface area contributed by atoms with Crippen LogP contribution in [0, 0.1) is 0 Å². The second-order valence-electron chi connectivity index (χ2n) is 3.70. The zero-order valence-corrected chi connectivity index (χ0v) is 10.3. The quantitative estimate of drug-likeness (QED) is 0.809. The highest BCUT2D eigenvalue weighted by molar-refractivity contribution is 5.77. The van der Waals surface area contributed by atoms with Crippen molar-refractivity contribution in [3.8, 4) is 5.88 Å². The predicted molar refractivity (Wildman–Crippen MR) is 61.6 cm³/mol. The third-order valence-electron chi connectivity index (χ3n) is 2.11. The van der Waals surface area contributed by atoms with E-state index in [-0.39, 0.29) is 13.1 Å². The maximum atomic E-state index is 11.8. The first kappa shape index (κ1) is 15.2. The molecule has 1 amide bonds. The zero-order valence-electron chi connectivity index (χ0n) is 10.3. The maximum absolute atomic E-state index is 11.8. The van der Waals surface area contributed by atoms with Gasteiger partial charge in [-0.3, -0.25) is 4.79 Å². The summed E-state index contributed by atoms with van der Waals surface area (Å²) < 4.78 is 40.4. The molecule has 1 heterocycles. The third-order valence-corrected chi connectivity index (χ3v) is 2.11. The molecule has 0 aromatic carbocycles. The summed E-state index contributed by atoms with van der Waals surface area (Å²) in [7, 11) is 1.46. The van der Waals surface area contributed by atoms with Crippen molar-refractivity contribution in [2.24, 2.45) is 0 Å². The van der Waals surface area contributed by atoms with Crippen molar-refractivity contribution >= 4 is 5.91 Å². The van der Waals surface area contributed by atoms with E-state index in [0.29, 0.717) is 5.88 Å². The summed E-state index contributed by atoms with van der Waals surface area (Å²) in [6, 6.07) is 3.30. The number of aromatic nitrogens is 1. The second kappa shape index (κ2) is 6.93. The molecule has 0 spiro atoms. The SMILES string of the molecule is COc1cc(CNC(=O)CNCC(F)(F)F)ccn1. The monoisotopic (exact) mass is 277 g/mol. The van der Waals surface area contributed by atoms with E-state index in [1.165, 1.54) is 13.3 Å². The third kappa shape index (κ3) is 6.61. The molecule has 0 atom stereocenters. The number of methoxy groups -OCH3 is 1. The van der Waals surface area contributed by atoms with Crippen molar-refractivity contribution in [2.45, 2.75) is 12.7 Å². The molecule has 0 fully saturated rings. The molecule has 0 radical (unpaired) electrons. The van der Waals surface area contributed by atoms with Crippen LogP contribution in [0.15, 0.2) is 18.3 Å². The summed E-state index contributed by atoms with van der Waals surface area (Å²) in [5.41, 5.74) is 0.746. The van der Waals surface area contributed by atoms with E-state index in [1.807, 2.05) is 5.32 Å². The minimum absolute atomic E-state index is 0.200. The summed E-state index contributed by atoms with van der Waals surface area (Å²) in [6.45, 7) is -1.38. The lowest BCUT2D eigenvalue weighted by atomic mass is 10.2. The number of carbonyl (C=O) groups is 1. The van der Waals surface area contributed by atoms with Gasteiger partial charge in [-0.15, -0.1) is 0 Å². The Morgan fingerprint density at radius 2 is 2.21 bits per heavy atom. The number of nitrogens with one attached hydrogen (secondary N) is 2. The number of hydrogen-bond donors (Lipinski definition) is 2. The molecule has 19 heavy (non-hydrogen) atoms. The normalized spacial score (nSPS) is 11.2. The van der Waals surface area contributed by atoms with Gasteiger partial charge in [-0.25, -0.2) is 4.98 Å². The fraction of sp³-hybridized carbons (Fsp3) is 0.455. The lowest BCUT2D eigenvalue weighted by Gasteiger charge is -2.09. The van der Waals surface area contributed by atoms with Gasteiger partial charge in [-0.1, -0.05) is 0 Å². The van der Waals surface area contributed by atoms with Crippen molar-refractivity contribution in [2.75, 3.05) is 20.2 Å². The number of ether oxygens (including phenoxy) is 1. The fourth-order valence-corrected chi connectivity index (χ4v) is 1.25. The molecule has 0 aliphatic heterocycles. The first-order chi connectivity index (χ1) is 8.90. The molecular weight excluding hydrogens is 263 g/mol. The predicted octanol–water partition coefficient (Wildman–Crippen LogP) is 0.858. The molecule has 0 saturated heterocycles. The van der Waals surface area contributed by atoms with E-state index in [0.717, 1.165) is 5.56 Å². The Labute approximate surface area is 108 Å². The van der Waals surface area contributed by atoms with Crippen LogP contribution in [0.1, 0.15) is 5.56 Å². The molecule has 106 valence electrons. The number of halogens is 3. The smallest absolute Gasteiger partial charge is 0.401 e. The van der Waals surface area contributed by atoms with Gasteiger partial charge in [0.1, 0.15) is 0 Å². The largest absolute Gasteiger partial charge is 0.481 e. The van der Waals surface area contributed by atoms with Gasteiger partial charge in [0.2, 0.25) is 11.8 Å². The fourth-order valence-electron chi connectivity index (χ4n) is 1.25. The van der Waals surface area contributed by atoms with Crippen molar-refractivity contribution < 1.29 is 22.7 Å². The van der Waals surface area contributed by atoms with E-state index in [1.54, 1.807) is 12.1 Å². The molecule has 0 aliphatic rings. The number of amides is 1. The Morgan fingerprint density at radius 1 is 1.47 bits per heavy atom. The van der Waals surface area contributed by atoms with Crippen LogP contribution in [0.4, 0.5) is 13.2 Å². The Hall–Kier alpha value is -1.83. The van der Waals surface area contributed by atoms with Crippen molar-refractivity contribution in [1.82, 2.24) is 15.6 Å². The van der Waals surface area contributed by atoms with Gasteiger partial charge < -0.3 is 15.4 Å². The van der Waals surface area contributed by atoms with Crippen LogP contribution in [-0.2, 0) is 11.3 Å². The van der Waals surface area contributed by atoms with E-state index in [2.05, 4.69) is 10.3 Å². The first-order valence-corrected chi connectivity index (χ1v) is 5.44.